The standard InChI is InChI=1S/C15H14F2N2O/c16-12-4-1-3-11(7-12)9-18-10-15(20)19-14-6-2-5-13(17)8-14/h1-8,18H,9-10H2,(H,19,20). The third-order valence-corrected chi connectivity index (χ3v) is 2.61. The summed E-state index contributed by atoms with van der Waals surface area (Å²) in [6.45, 7) is 0.446. The molecule has 0 heterocycles. The van der Waals surface area contributed by atoms with E-state index in [0.29, 0.717) is 12.2 Å². The van der Waals surface area contributed by atoms with Crippen LogP contribution in [-0.2, 0) is 11.3 Å². The second kappa shape index (κ2) is 6.77. The number of amides is 1. The average Bonchev–Trinajstić information content (AvgIpc) is 2.38. The molecule has 0 bridgehead atoms. The number of halogens is 2. The summed E-state index contributed by atoms with van der Waals surface area (Å²) < 4.78 is 25.9. The molecule has 0 spiro atoms. The Morgan fingerprint density at radius 3 is 2.40 bits per heavy atom. The minimum Gasteiger partial charge on any atom is -0.325 e. The molecule has 2 aromatic carbocycles. The molecule has 0 aliphatic rings. The summed E-state index contributed by atoms with van der Waals surface area (Å²) in [7, 11) is 0. The quantitative estimate of drug-likeness (QED) is 0.881. The van der Waals surface area contributed by atoms with E-state index in [1.165, 1.54) is 30.3 Å². The largest absolute Gasteiger partial charge is 0.325 e. The van der Waals surface area contributed by atoms with E-state index in [4.69, 9.17) is 0 Å². The van der Waals surface area contributed by atoms with Crippen LogP contribution in [-0.4, -0.2) is 12.5 Å². The van der Waals surface area contributed by atoms with Gasteiger partial charge in [0.2, 0.25) is 5.91 Å². The minimum atomic E-state index is -0.407. The fourth-order valence-electron chi connectivity index (χ4n) is 1.74. The number of anilines is 1. The SMILES string of the molecule is O=C(CNCc1cccc(F)c1)Nc1cccc(F)c1. The maximum atomic E-state index is 12.9. The van der Waals surface area contributed by atoms with E-state index in [0.717, 1.165) is 5.56 Å². The van der Waals surface area contributed by atoms with Gasteiger partial charge in [0.15, 0.2) is 0 Å². The van der Waals surface area contributed by atoms with Crippen LogP contribution in [0.15, 0.2) is 48.5 Å². The van der Waals surface area contributed by atoms with Crippen LogP contribution in [0, 0.1) is 11.6 Å². The number of rotatable bonds is 5. The van der Waals surface area contributed by atoms with E-state index in [1.807, 2.05) is 0 Å². The summed E-state index contributed by atoms with van der Waals surface area (Å²) in [6, 6.07) is 11.8. The first-order valence-corrected chi connectivity index (χ1v) is 6.14. The summed E-state index contributed by atoms with van der Waals surface area (Å²) in [6.07, 6.45) is 0. The van der Waals surface area contributed by atoms with E-state index >= 15 is 0 Å². The van der Waals surface area contributed by atoms with Crippen LogP contribution < -0.4 is 10.6 Å². The lowest BCUT2D eigenvalue weighted by Crippen LogP contribution is -2.27. The fourth-order valence-corrected chi connectivity index (χ4v) is 1.74. The highest BCUT2D eigenvalue weighted by Gasteiger charge is 2.03. The number of carbonyl (C=O) groups is 1. The second-order valence-electron chi connectivity index (χ2n) is 4.29. The third kappa shape index (κ3) is 4.44. The zero-order valence-electron chi connectivity index (χ0n) is 10.7. The first-order chi connectivity index (χ1) is 9.63. The Labute approximate surface area is 115 Å². The lowest BCUT2D eigenvalue weighted by molar-refractivity contribution is -0.115. The topological polar surface area (TPSA) is 41.1 Å². The lowest BCUT2D eigenvalue weighted by Gasteiger charge is -2.07. The first kappa shape index (κ1) is 14.1. The molecule has 0 radical (unpaired) electrons. The van der Waals surface area contributed by atoms with E-state index in [2.05, 4.69) is 10.6 Å². The summed E-state index contributed by atoms with van der Waals surface area (Å²) in [5.41, 5.74) is 1.16. The van der Waals surface area contributed by atoms with Crippen molar-refractivity contribution < 1.29 is 13.6 Å². The molecular weight excluding hydrogens is 262 g/mol. The van der Waals surface area contributed by atoms with Gasteiger partial charge in [-0.15, -0.1) is 0 Å². The van der Waals surface area contributed by atoms with Gasteiger partial charge in [-0.05, 0) is 35.9 Å². The Hall–Kier alpha value is -2.27. The van der Waals surface area contributed by atoms with Gasteiger partial charge < -0.3 is 10.6 Å². The predicted molar refractivity (Wildman–Crippen MR) is 73.1 cm³/mol. The Morgan fingerprint density at radius 1 is 1.00 bits per heavy atom. The molecule has 0 aliphatic carbocycles. The van der Waals surface area contributed by atoms with Gasteiger partial charge in [-0.2, -0.15) is 0 Å². The smallest absolute Gasteiger partial charge is 0.238 e. The van der Waals surface area contributed by atoms with Crippen LogP contribution in [0.4, 0.5) is 14.5 Å². The van der Waals surface area contributed by atoms with Crippen molar-refractivity contribution in [1.29, 1.82) is 0 Å². The highest BCUT2D eigenvalue weighted by molar-refractivity contribution is 5.92. The monoisotopic (exact) mass is 276 g/mol. The van der Waals surface area contributed by atoms with E-state index < -0.39 is 5.82 Å². The van der Waals surface area contributed by atoms with Crippen molar-refractivity contribution in [3.8, 4) is 0 Å². The molecule has 2 N–H and O–H groups in total. The van der Waals surface area contributed by atoms with E-state index in [-0.39, 0.29) is 18.3 Å². The molecule has 0 aliphatic heterocycles. The molecule has 5 heteroatoms. The zero-order valence-corrected chi connectivity index (χ0v) is 10.7. The first-order valence-electron chi connectivity index (χ1n) is 6.14. The van der Waals surface area contributed by atoms with Crippen LogP contribution in [0.3, 0.4) is 0 Å². The second-order valence-corrected chi connectivity index (χ2v) is 4.29. The van der Waals surface area contributed by atoms with Crippen LogP contribution in [0.1, 0.15) is 5.56 Å². The van der Waals surface area contributed by atoms with Crippen molar-refractivity contribution in [3.63, 3.8) is 0 Å². The van der Waals surface area contributed by atoms with Gasteiger partial charge in [-0.3, -0.25) is 4.79 Å². The van der Waals surface area contributed by atoms with Gasteiger partial charge in [0.05, 0.1) is 6.54 Å². The van der Waals surface area contributed by atoms with Crippen LogP contribution in [0.2, 0.25) is 0 Å². The number of hydrogen-bond donors (Lipinski definition) is 2. The van der Waals surface area contributed by atoms with Crippen molar-refractivity contribution in [2.45, 2.75) is 6.54 Å². The van der Waals surface area contributed by atoms with Gasteiger partial charge >= 0.3 is 0 Å². The molecule has 0 saturated carbocycles. The van der Waals surface area contributed by atoms with Crippen molar-refractivity contribution >= 4 is 11.6 Å². The van der Waals surface area contributed by atoms with Gasteiger partial charge in [0.1, 0.15) is 11.6 Å². The molecule has 20 heavy (non-hydrogen) atoms. The lowest BCUT2D eigenvalue weighted by atomic mass is 10.2. The predicted octanol–water partition coefficient (Wildman–Crippen LogP) is 2.69. The molecule has 1 amide bonds. The van der Waals surface area contributed by atoms with Crippen LogP contribution in [0.25, 0.3) is 0 Å². The molecule has 0 saturated heterocycles. The van der Waals surface area contributed by atoms with Crippen molar-refractivity contribution in [2.75, 3.05) is 11.9 Å². The fraction of sp³-hybridized carbons (Fsp3) is 0.133. The summed E-state index contributed by atoms with van der Waals surface area (Å²) in [4.78, 5) is 11.6. The molecule has 0 unspecified atom stereocenters. The molecular formula is C15H14F2N2O. The zero-order chi connectivity index (χ0) is 14.4. The number of nitrogens with one attached hydrogen (secondary N) is 2. The highest BCUT2D eigenvalue weighted by Crippen LogP contribution is 2.08. The van der Waals surface area contributed by atoms with E-state index in [9.17, 15) is 13.6 Å². The maximum Gasteiger partial charge on any atom is 0.238 e. The summed E-state index contributed by atoms with van der Waals surface area (Å²) in [5.74, 6) is -1.00. The third-order valence-electron chi connectivity index (χ3n) is 2.61. The summed E-state index contributed by atoms with van der Waals surface area (Å²) >= 11 is 0. The number of hydrogen-bond acceptors (Lipinski definition) is 2. The van der Waals surface area contributed by atoms with Gasteiger partial charge in [-0.1, -0.05) is 18.2 Å². The highest BCUT2D eigenvalue weighted by atomic mass is 19.1. The molecule has 104 valence electrons. The van der Waals surface area contributed by atoms with Crippen molar-refractivity contribution in [2.24, 2.45) is 0 Å². The number of carbonyl (C=O) groups excluding carboxylic acids is 1. The van der Waals surface area contributed by atoms with Crippen LogP contribution in [0.5, 0.6) is 0 Å². The van der Waals surface area contributed by atoms with Gasteiger partial charge in [-0.25, -0.2) is 8.78 Å². The summed E-state index contributed by atoms with van der Waals surface area (Å²) in [5, 5.41) is 5.46. The molecule has 2 aromatic rings. The molecule has 3 nitrogen and oxygen atoms in total. The van der Waals surface area contributed by atoms with Gasteiger partial charge in [0, 0.05) is 12.2 Å². The Balaban J connectivity index is 1.78. The Kier molecular flexibility index (Phi) is 4.79. The van der Waals surface area contributed by atoms with Crippen molar-refractivity contribution in [1.82, 2.24) is 5.32 Å². The maximum absolute atomic E-state index is 12.9. The Morgan fingerprint density at radius 2 is 1.70 bits per heavy atom. The normalized spacial score (nSPS) is 10.3. The number of benzene rings is 2. The molecule has 0 atom stereocenters. The molecule has 2 rings (SSSR count). The van der Waals surface area contributed by atoms with E-state index in [1.54, 1.807) is 18.2 Å². The molecule has 0 fully saturated rings. The Bertz CT molecular complexity index is 602. The average molecular weight is 276 g/mol. The van der Waals surface area contributed by atoms with Crippen LogP contribution >= 0.6 is 0 Å². The van der Waals surface area contributed by atoms with Crippen molar-refractivity contribution in [3.05, 3.63) is 65.7 Å². The minimum absolute atomic E-state index is 0.0625. The molecule has 0 aromatic heterocycles. The van der Waals surface area contributed by atoms with Gasteiger partial charge in [0.25, 0.3) is 0 Å².